The van der Waals surface area contributed by atoms with Gasteiger partial charge in [-0.15, -0.1) is 0 Å². The second-order valence-corrected chi connectivity index (χ2v) is 3.93. The summed E-state index contributed by atoms with van der Waals surface area (Å²) < 4.78 is 5.75. The minimum atomic E-state index is 0.809. The van der Waals surface area contributed by atoms with Gasteiger partial charge in [0.05, 0.1) is 6.61 Å². The molecule has 0 saturated carbocycles. The van der Waals surface area contributed by atoms with Gasteiger partial charge in [0.15, 0.2) is 0 Å². The zero-order valence-corrected chi connectivity index (χ0v) is 9.31. The lowest BCUT2D eigenvalue weighted by Gasteiger charge is -2.20. The highest BCUT2D eigenvalue weighted by atomic mass is 16.5. The third-order valence-corrected chi connectivity index (χ3v) is 2.73. The summed E-state index contributed by atoms with van der Waals surface area (Å²) in [6.45, 7) is 4.06. The molecule has 0 fully saturated rings. The molecule has 2 heteroatoms. The maximum atomic E-state index is 5.75. The number of anilines is 1. The normalized spacial score (nSPS) is 14.2. The Morgan fingerprint density at radius 3 is 3.33 bits per heavy atom. The van der Waals surface area contributed by atoms with Gasteiger partial charge in [-0.05, 0) is 31.4 Å². The molecule has 1 aromatic carbocycles. The minimum Gasteiger partial charge on any atom is -0.493 e. The molecule has 1 radical (unpaired) electrons. The number of benzene rings is 1. The summed E-state index contributed by atoms with van der Waals surface area (Å²) in [5, 5.41) is 3.39. The van der Waals surface area contributed by atoms with Crippen molar-refractivity contribution < 1.29 is 4.74 Å². The molecule has 15 heavy (non-hydrogen) atoms. The quantitative estimate of drug-likeness (QED) is 0.761. The predicted octanol–water partition coefficient (Wildman–Crippen LogP) is 3.02. The molecule has 0 saturated heterocycles. The first-order valence-electron chi connectivity index (χ1n) is 5.82. The lowest BCUT2D eigenvalue weighted by molar-refractivity contribution is 0.305. The van der Waals surface area contributed by atoms with Crippen LogP contribution in [0.2, 0.25) is 0 Å². The maximum absolute atomic E-state index is 5.75. The Kier molecular flexibility index (Phi) is 3.49. The van der Waals surface area contributed by atoms with Crippen LogP contribution in [0.5, 0.6) is 5.75 Å². The maximum Gasteiger partial charge on any atom is 0.132 e. The van der Waals surface area contributed by atoms with Gasteiger partial charge in [0.25, 0.3) is 0 Å². The van der Waals surface area contributed by atoms with Crippen molar-refractivity contribution in [3.8, 4) is 5.75 Å². The van der Waals surface area contributed by atoms with Crippen molar-refractivity contribution in [2.45, 2.75) is 32.6 Å². The molecule has 0 atom stereocenters. The van der Waals surface area contributed by atoms with Gasteiger partial charge in [-0.25, -0.2) is 0 Å². The van der Waals surface area contributed by atoms with Gasteiger partial charge in [0, 0.05) is 23.9 Å². The van der Waals surface area contributed by atoms with Crippen LogP contribution in [-0.2, 0) is 6.42 Å². The highest BCUT2D eigenvalue weighted by molar-refractivity contribution is 5.58. The molecule has 1 aliphatic heterocycles. The molecule has 0 amide bonds. The molecule has 0 bridgehead atoms. The van der Waals surface area contributed by atoms with E-state index in [1.54, 1.807) is 0 Å². The Labute approximate surface area is 91.6 Å². The van der Waals surface area contributed by atoms with E-state index in [0.29, 0.717) is 0 Å². The number of nitrogens with one attached hydrogen (secondary N) is 1. The Balaban J connectivity index is 2.09. The standard InChI is InChI=1S/C13H18NO/c1-2-3-10-15-13-8-4-7-12-11(13)6-5-9-14-12/h4,7,14H,2-3,5-6,9-10H2,1H3. The lowest BCUT2D eigenvalue weighted by atomic mass is 10.0. The summed E-state index contributed by atoms with van der Waals surface area (Å²) in [6, 6.07) is 7.22. The molecule has 0 spiro atoms. The third kappa shape index (κ3) is 2.44. The number of hydrogen-bond acceptors (Lipinski definition) is 2. The van der Waals surface area contributed by atoms with Crippen molar-refractivity contribution in [3.05, 3.63) is 23.8 Å². The Bertz CT molecular complexity index is 322. The van der Waals surface area contributed by atoms with Crippen molar-refractivity contribution in [1.82, 2.24) is 0 Å². The van der Waals surface area contributed by atoms with Gasteiger partial charge in [0.1, 0.15) is 5.75 Å². The molecule has 0 aliphatic carbocycles. The van der Waals surface area contributed by atoms with E-state index >= 15 is 0 Å². The van der Waals surface area contributed by atoms with Gasteiger partial charge >= 0.3 is 0 Å². The SMILES string of the molecule is CCCCOc1[c]ccc2c1CCCN2. The van der Waals surface area contributed by atoms with E-state index in [2.05, 4.69) is 24.4 Å². The summed E-state index contributed by atoms with van der Waals surface area (Å²) in [7, 11) is 0. The minimum absolute atomic E-state index is 0.809. The van der Waals surface area contributed by atoms with Gasteiger partial charge in [-0.1, -0.05) is 13.3 Å². The average Bonchev–Trinajstić information content (AvgIpc) is 2.30. The first-order chi connectivity index (χ1) is 7.42. The van der Waals surface area contributed by atoms with E-state index < -0.39 is 0 Å². The van der Waals surface area contributed by atoms with Crippen LogP contribution in [0, 0.1) is 6.07 Å². The van der Waals surface area contributed by atoms with Gasteiger partial charge in [-0.2, -0.15) is 0 Å². The zero-order valence-electron chi connectivity index (χ0n) is 9.31. The largest absolute Gasteiger partial charge is 0.493 e. The monoisotopic (exact) mass is 204 g/mol. The molecule has 1 heterocycles. The first kappa shape index (κ1) is 10.3. The van der Waals surface area contributed by atoms with E-state index in [9.17, 15) is 0 Å². The molecular weight excluding hydrogens is 186 g/mol. The summed E-state index contributed by atoms with van der Waals surface area (Å²) >= 11 is 0. The van der Waals surface area contributed by atoms with Crippen molar-refractivity contribution >= 4 is 5.69 Å². The van der Waals surface area contributed by atoms with E-state index in [1.807, 2.05) is 6.07 Å². The van der Waals surface area contributed by atoms with Crippen molar-refractivity contribution in [3.63, 3.8) is 0 Å². The van der Waals surface area contributed by atoms with Crippen molar-refractivity contribution in [2.24, 2.45) is 0 Å². The van der Waals surface area contributed by atoms with Crippen LogP contribution >= 0.6 is 0 Å². The van der Waals surface area contributed by atoms with Crippen LogP contribution in [0.4, 0.5) is 5.69 Å². The summed E-state index contributed by atoms with van der Waals surface area (Å²) in [4.78, 5) is 0. The van der Waals surface area contributed by atoms with E-state index in [0.717, 1.165) is 31.7 Å². The van der Waals surface area contributed by atoms with Crippen LogP contribution in [0.3, 0.4) is 0 Å². The van der Waals surface area contributed by atoms with Crippen molar-refractivity contribution in [2.75, 3.05) is 18.5 Å². The second kappa shape index (κ2) is 5.06. The Hall–Kier alpha value is -1.18. The van der Waals surface area contributed by atoms with Crippen LogP contribution < -0.4 is 10.1 Å². The fourth-order valence-electron chi connectivity index (χ4n) is 1.86. The molecule has 0 unspecified atom stereocenters. The molecule has 1 aliphatic rings. The molecular formula is C13H18NO. The van der Waals surface area contributed by atoms with Gasteiger partial charge < -0.3 is 10.1 Å². The molecule has 0 aromatic heterocycles. The molecule has 2 nitrogen and oxygen atoms in total. The highest BCUT2D eigenvalue weighted by Gasteiger charge is 2.13. The van der Waals surface area contributed by atoms with Gasteiger partial charge in [0.2, 0.25) is 0 Å². The number of fused-ring (bicyclic) bond motifs is 1. The summed E-state index contributed by atoms with van der Waals surface area (Å²) in [6.07, 6.45) is 4.59. The summed E-state index contributed by atoms with van der Waals surface area (Å²) in [5.74, 6) is 0.952. The topological polar surface area (TPSA) is 21.3 Å². The smallest absolute Gasteiger partial charge is 0.132 e. The van der Waals surface area contributed by atoms with Crippen molar-refractivity contribution in [1.29, 1.82) is 0 Å². The zero-order chi connectivity index (χ0) is 10.5. The summed E-state index contributed by atoms with van der Waals surface area (Å²) in [5.41, 5.74) is 2.53. The second-order valence-electron chi connectivity index (χ2n) is 3.93. The predicted molar refractivity (Wildman–Crippen MR) is 62.5 cm³/mol. The first-order valence-corrected chi connectivity index (χ1v) is 5.82. The average molecular weight is 204 g/mol. The Morgan fingerprint density at radius 1 is 1.53 bits per heavy atom. The van der Waals surface area contributed by atoms with Crippen LogP contribution in [0.1, 0.15) is 31.7 Å². The number of unbranched alkanes of at least 4 members (excludes halogenated alkanes) is 1. The fourth-order valence-corrected chi connectivity index (χ4v) is 1.86. The lowest BCUT2D eigenvalue weighted by Crippen LogP contribution is -2.13. The number of ether oxygens (including phenoxy) is 1. The number of hydrogen-bond donors (Lipinski definition) is 1. The van der Waals surface area contributed by atoms with E-state index in [1.165, 1.54) is 24.1 Å². The molecule has 1 N–H and O–H groups in total. The van der Waals surface area contributed by atoms with Gasteiger partial charge in [-0.3, -0.25) is 0 Å². The molecule has 2 rings (SSSR count). The highest BCUT2D eigenvalue weighted by Crippen LogP contribution is 2.30. The number of rotatable bonds is 4. The van der Waals surface area contributed by atoms with E-state index in [4.69, 9.17) is 4.74 Å². The third-order valence-electron chi connectivity index (χ3n) is 2.73. The van der Waals surface area contributed by atoms with Crippen LogP contribution in [0.15, 0.2) is 12.1 Å². The van der Waals surface area contributed by atoms with Crippen LogP contribution in [-0.4, -0.2) is 13.2 Å². The van der Waals surface area contributed by atoms with E-state index in [-0.39, 0.29) is 0 Å². The Morgan fingerprint density at radius 2 is 2.47 bits per heavy atom. The fraction of sp³-hybridized carbons (Fsp3) is 0.538. The van der Waals surface area contributed by atoms with Crippen LogP contribution in [0.25, 0.3) is 0 Å². The molecule has 1 aromatic rings. The molecule has 81 valence electrons.